The number of aliphatic hydroxyl groups is 1. The molecule has 0 radical (unpaired) electrons. The normalized spacial score (nSPS) is 23.5. The van der Waals surface area contributed by atoms with Crippen LogP contribution in [0.3, 0.4) is 0 Å². The standard InChI is InChI=1S/C12H11NO5/c14-9-6-12(18,7-10(15)16)11(17)13(9)8-4-2-1-3-5-8/h1-5,18H,6-7H2,(H,15,16)/t12-/m0/s1. The molecule has 1 fully saturated rings. The van der Waals surface area contributed by atoms with Crippen LogP contribution in [0.2, 0.25) is 0 Å². The van der Waals surface area contributed by atoms with Crippen molar-refractivity contribution in [1.82, 2.24) is 0 Å². The number of hydrogen-bond donors (Lipinski definition) is 2. The number of aliphatic carboxylic acids is 1. The summed E-state index contributed by atoms with van der Waals surface area (Å²) in [5, 5.41) is 18.6. The van der Waals surface area contributed by atoms with Crippen molar-refractivity contribution >= 4 is 23.5 Å². The number of anilines is 1. The Morgan fingerprint density at radius 2 is 1.89 bits per heavy atom. The molecule has 2 rings (SSSR count). The van der Waals surface area contributed by atoms with Gasteiger partial charge in [0.1, 0.15) is 0 Å². The summed E-state index contributed by atoms with van der Waals surface area (Å²) in [6.07, 6.45) is -1.28. The highest BCUT2D eigenvalue weighted by molar-refractivity contribution is 6.24. The minimum absolute atomic E-state index is 0.328. The van der Waals surface area contributed by atoms with E-state index in [4.69, 9.17) is 5.11 Å². The lowest BCUT2D eigenvalue weighted by atomic mass is 9.98. The predicted octanol–water partition coefficient (Wildman–Crippen LogP) is 0.156. The molecule has 2 N–H and O–H groups in total. The summed E-state index contributed by atoms with van der Waals surface area (Å²) in [6.45, 7) is 0. The van der Waals surface area contributed by atoms with Gasteiger partial charge in [0.15, 0.2) is 5.60 Å². The van der Waals surface area contributed by atoms with Crippen molar-refractivity contribution in [2.75, 3.05) is 4.90 Å². The third kappa shape index (κ3) is 1.98. The van der Waals surface area contributed by atoms with E-state index in [0.29, 0.717) is 5.69 Å². The zero-order valence-corrected chi connectivity index (χ0v) is 9.37. The first-order valence-corrected chi connectivity index (χ1v) is 5.31. The maximum absolute atomic E-state index is 12.0. The summed E-state index contributed by atoms with van der Waals surface area (Å²) in [4.78, 5) is 35.1. The van der Waals surface area contributed by atoms with Gasteiger partial charge in [0.2, 0.25) is 5.91 Å². The van der Waals surface area contributed by atoms with E-state index in [-0.39, 0.29) is 0 Å². The maximum Gasteiger partial charge on any atom is 0.306 e. The van der Waals surface area contributed by atoms with Gasteiger partial charge in [-0.25, -0.2) is 4.90 Å². The Hall–Kier alpha value is -2.21. The lowest BCUT2D eigenvalue weighted by molar-refractivity contribution is -0.148. The van der Waals surface area contributed by atoms with Crippen LogP contribution < -0.4 is 4.90 Å². The Balaban J connectivity index is 2.33. The molecular formula is C12H11NO5. The Labute approximate surface area is 102 Å². The number of imide groups is 1. The zero-order valence-electron chi connectivity index (χ0n) is 9.37. The number of carboxylic acids is 1. The van der Waals surface area contributed by atoms with Crippen LogP contribution in [0.1, 0.15) is 12.8 Å². The summed E-state index contributed by atoms with van der Waals surface area (Å²) in [7, 11) is 0. The number of nitrogens with zero attached hydrogens (tertiary/aromatic N) is 1. The molecule has 1 heterocycles. The van der Waals surface area contributed by atoms with Gasteiger partial charge in [0.05, 0.1) is 18.5 Å². The highest BCUT2D eigenvalue weighted by Crippen LogP contribution is 2.31. The van der Waals surface area contributed by atoms with Crippen LogP contribution in [0.25, 0.3) is 0 Å². The van der Waals surface area contributed by atoms with Crippen LogP contribution in [0.4, 0.5) is 5.69 Å². The number of para-hydroxylation sites is 1. The largest absolute Gasteiger partial charge is 0.481 e. The van der Waals surface area contributed by atoms with Gasteiger partial charge in [0, 0.05) is 0 Å². The van der Waals surface area contributed by atoms with Gasteiger partial charge in [-0.1, -0.05) is 18.2 Å². The summed E-state index contributed by atoms with van der Waals surface area (Å²) in [6, 6.07) is 8.09. The maximum atomic E-state index is 12.0. The third-order valence-electron chi connectivity index (χ3n) is 2.75. The molecule has 1 aromatic carbocycles. The van der Waals surface area contributed by atoms with Gasteiger partial charge >= 0.3 is 5.97 Å². The number of carbonyl (C=O) groups is 3. The van der Waals surface area contributed by atoms with Crippen molar-refractivity contribution in [3.63, 3.8) is 0 Å². The van der Waals surface area contributed by atoms with E-state index in [1.807, 2.05) is 0 Å². The molecule has 1 aliphatic heterocycles. The minimum Gasteiger partial charge on any atom is -0.481 e. The van der Waals surface area contributed by atoms with Crippen molar-refractivity contribution in [3.8, 4) is 0 Å². The van der Waals surface area contributed by atoms with Crippen LogP contribution in [0, 0.1) is 0 Å². The molecule has 0 aliphatic carbocycles. The topological polar surface area (TPSA) is 94.9 Å². The van der Waals surface area contributed by atoms with Crippen molar-refractivity contribution < 1.29 is 24.6 Å². The van der Waals surface area contributed by atoms with Crippen LogP contribution >= 0.6 is 0 Å². The van der Waals surface area contributed by atoms with Gasteiger partial charge in [-0.2, -0.15) is 0 Å². The second-order valence-electron chi connectivity index (χ2n) is 4.15. The lowest BCUT2D eigenvalue weighted by Crippen LogP contribution is -2.42. The zero-order chi connectivity index (χ0) is 13.3. The van der Waals surface area contributed by atoms with Crippen LogP contribution in [0.15, 0.2) is 30.3 Å². The second-order valence-corrected chi connectivity index (χ2v) is 4.15. The number of carbonyl (C=O) groups excluding carboxylic acids is 2. The number of benzene rings is 1. The van der Waals surface area contributed by atoms with E-state index >= 15 is 0 Å². The summed E-state index contributed by atoms with van der Waals surface area (Å²) in [5.41, 5.74) is -1.81. The molecule has 6 nitrogen and oxygen atoms in total. The minimum atomic E-state index is -2.14. The summed E-state index contributed by atoms with van der Waals surface area (Å²) in [5.74, 6) is -2.82. The molecule has 0 aromatic heterocycles. The fourth-order valence-electron chi connectivity index (χ4n) is 1.95. The van der Waals surface area contributed by atoms with Crippen molar-refractivity contribution in [3.05, 3.63) is 30.3 Å². The molecule has 1 atom stereocenters. The highest BCUT2D eigenvalue weighted by Gasteiger charge is 2.52. The molecule has 1 saturated heterocycles. The van der Waals surface area contributed by atoms with E-state index in [1.165, 1.54) is 0 Å². The van der Waals surface area contributed by atoms with Gasteiger partial charge < -0.3 is 10.2 Å². The predicted molar refractivity (Wildman–Crippen MR) is 60.8 cm³/mol. The lowest BCUT2D eigenvalue weighted by Gasteiger charge is -2.19. The first kappa shape index (κ1) is 12.3. The summed E-state index contributed by atoms with van der Waals surface area (Å²) >= 11 is 0. The molecule has 0 bridgehead atoms. The van der Waals surface area contributed by atoms with E-state index in [1.54, 1.807) is 30.3 Å². The van der Waals surface area contributed by atoms with Crippen molar-refractivity contribution in [2.24, 2.45) is 0 Å². The van der Waals surface area contributed by atoms with Gasteiger partial charge in [-0.15, -0.1) is 0 Å². The van der Waals surface area contributed by atoms with Gasteiger partial charge in [-0.05, 0) is 12.1 Å². The number of amides is 2. The van der Waals surface area contributed by atoms with E-state index in [2.05, 4.69) is 0 Å². The molecule has 0 unspecified atom stereocenters. The van der Waals surface area contributed by atoms with Crippen molar-refractivity contribution in [1.29, 1.82) is 0 Å². The van der Waals surface area contributed by atoms with Crippen molar-refractivity contribution in [2.45, 2.75) is 18.4 Å². The molecule has 1 aromatic rings. The Kier molecular flexibility index (Phi) is 2.88. The SMILES string of the molecule is O=C(O)C[C@@]1(O)CC(=O)N(c2ccccc2)C1=O. The molecule has 2 amide bonds. The first-order chi connectivity index (χ1) is 8.44. The molecule has 0 spiro atoms. The fraction of sp³-hybridized carbons (Fsp3) is 0.250. The molecule has 18 heavy (non-hydrogen) atoms. The first-order valence-electron chi connectivity index (χ1n) is 5.31. The molecule has 1 aliphatic rings. The molecule has 94 valence electrons. The monoisotopic (exact) mass is 249 g/mol. The Morgan fingerprint density at radius 1 is 1.28 bits per heavy atom. The fourth-order valence-corrected chi connectivity index (χ4v) is 1.95. The van der Waals surface area contributed by atoms with Crippen LogP contribution in [0.5, 0.6) is 0 Å². The quantitative estimate of drug-likeness (QED) is 0.744. The number of hydrogen-bond acceptors (Lipinski definition) is 4. The third-order valence-corrected chi connectivity index (χ3v) is 2.75. The van der Waals surface area contributed by atoms with E-state index in [9.17, 15) is 19.5 Å². The van der Waals surface area contributed by atoms with Crippen LogP contribution in [-0.4, -0.2) is 33.6 Å². The Morgan fingerprint density at radius 3 is 2.44 bits per heavy atom. The average molecular weight is 249 g/mol. The van der Waals surface area contributed by atoms with E-state index in [0.717, 1.165) is 4.90 Å². The number of rotatable bonds is 3. The Bertz CT molecular complexity index is 512. The number of carboxylic acid groups (broad SMARTS) is 1. The highest BCUT2D eigenvalue weighted by atomic mass is 16.4. The van der Waals surface area contributed by atoms with Gasteiger partial charge in [0.25, 0.3) is 5.91 Å². The smallest absolute Gasteiger partial charge is 0.306 e. The molecule has 6 heteroatoms. The molecular weight excluding hydrogens is 238 g/mol. The van der Waals surface area contributed by atoms with Gasteiger partial charge in [-0.3, -0.25) is 14.4 Å². The second kappa shape index (κ2) is 4.23. The van der Waals surface area contributed by atoms with Crippen LogP contribution in [-0.2, 0) is 14.4 Å². The molecule has 0 saturated carbocycles. The van der Waals surface area contributed by atoms with E-state index < -0.39 is 36.2 Å². The summed E-state index contributed by atoms with van der Waals surface area (Å²) < 4.78 is 0. The average Bonchev–Trinajstić information content (AvgIpc) is 2.49.